The van der Waals surface area contributed by atoms with Gasteiger partial charge in [0.2, 0.25) is 0 Å². The number of ether oxygens (including phenoxy) is 2. The number of benzene rings is 3. The van der Waals surface area contributed by atoms with E-state index in [2.05, 4.69) is 20.5 Å². The Labute approximate surface area is 195 Å². The number of halogens is 1. The quantitative estimate of drug-likeness (QED) is 0.435. The van der Waals surface area contributed by atoms with Crippen molar-refractivity contribution in [2.75, 3.05) is 41.8 Å². The van der Waals surface area contributed by atoms with E-state index < -0.39 is 11.8 Å². The van der Waals surface area contributed by atoms with Crippen molar-refractivity contribution >= 4 is 34.3 Å². The van der Waals surface area contributed by atoms with Gasteiger partial charge >= 0.3 is 6.03 Å². The van der Waals surface area contributed by atoms with Gasteiger partial charge in [-0.2, -0.15) is 0 Å². The molecular formula is C25H22FN5O3. The topological polar surface area (TPSA) is 88.6 Å². The van der Waals surface area contributed by atoms with Gasteiger partial charge in [-0.15, -0.1) is 0 Å². The van der Waals surface area contributed by atoms with Gasteiger partial charge in [0, 0.05) is 30.5 Å². The van der Waals surface area contributed by atoms with E-state index in [4.69, 9.17) is 14.5 Å². The van der Waals surface area contributed by atoms with Gasteiger partial charge in [0.05, 0.1) is 30.4 Å². The second-order valence-electron chi connectivity index (χ2n) is 7.69. The fourth-order valence-corrected chi connectivity index (χ4v) is 3.59. The predicted molar refractivity (Wildman–Crippen MR) is 128 cm³/mol. The average molecular weight is 459 g/mol. The molecule has 1 saturated heterocycles. The Kier molecular flexibility index (Phi) is 6.17. The van der Waals surface area contributed by atoms with E-state index in [1.165, 1.54) is 18.2 Å². The monoisotopic (exact) mass is 459 g/mol. The van der Waals surface area contributed by atoms with Crippen molar-refractivity contribution in [1.29, 1.82) is 0 Å². The molecule has 1 aliphatic rings. The largest absolute Gasteiger partial charge is 0.457 e. The van der Waals surface area contributed by atoms with E-state index >= 15 is 0 Å². The van der Waals surface area contributed by atoms with Crippen molar-refractivity contribution < 1.29 is 18.7 Å². The van der Waals surface area contributed by atoms with Crippen LogP contribution in [0.15, 0.2) is 72.9 Å². The van der Waals surface area contributed by atoms with Crippen LogP contribution in [0.4, 0.5) is 26.4 Å². The minimum absolute atomic E-state index is 0.369. The molecule has 5 rings (SSSR count). The van der Waals surface area contributed by atoms with Crippen LogP contribution in [0.2, 0.25) is 0 Å². The molecule has 0 aliphatic carbocycles. The van der Waals surface area contributed by atoms with E-state index in [0.29, 0.717) is 36.1 Å². The van der Waals surface area contributed by atoms with Crippen LogP contribution in [0, 0.1) is 5.82 Å². The number of hydrogen-bond donors (Lipinski definition) is 2. The molecule has 4 aromatic rings. The summed E-state index contributed by atoms with van der Waals surface area (Å²) in [6.45, 7) is 2.94. The second kappa shape index (κ2) is 9.72. The third-order valence-electron chi connectivity index (χ3n) is 5.27. The third kappa shape index (κ3) is 5.21. The van der Waals surface area contributed by atoms with Crippen LogP contribution in [0.25, 0.3) is 11.0 Å². The van der Waals surface area contributed by atoms with E-state index in [1.54, 1.807) is 36.5 Å². The van der Waals surface area contributed by atoms with Gasteiger partial charge in [0.15, 0.2) is 0 Å². The van der Waals surface area contributed by atoms with Crippen molar-refractivity contribution in [2.45, 2.75) is 0 Å². The summed E-state index contributed by atoms with van der Waals surface area (Å²) in [7, 11) is 0. The minimum Gasteiger partial charge on any atom is -0.457 e. The number of hydrogen-bond acceptors (Lipinski definition) is 6. The van der Waals surface area contributed by atoms with Crippen LogP contribution in [0.1, 0.15) is 0 Å². The molecule has 0 atom stereocenters. The standard InChI is InChI=1S/C25H22FN5O3/c26-17-2-1-3-19(14-17)29-25(32)28-18-4-6-20(7-5-18)34-21-8-9-22-23(15-21)30-24(16-27-22)31-10-12-33-13-11-31/h1-9,14-16H,10-13H2,(H2,28,29,32). The van der Waals surface area contributed by atoms with E-state index in [-0.39, 0.29) is 0 Å². The molecule has 0 spiro atoms. The highest BCUT2D eigenvalue weighted by molar-refractivity contribution is 5.99. The Hall–Kier alpha value is -4.24. The van der Waals surface area contributed by atoms with Gasteiger partial charge in [-0.05, 0) is 54.6 Å². The lowest BCUT2D eigenvalue weighted by Crippen LogP contribution is -2.36. The number of aromatic nitrogens is 2. The molecule has 34 heavy (non-hydrogen) atoms. The molecule has 8 nitrogen and oxygen atoms in total. The normalized spacial score (nSPS) is 13.5. The van der Waals surface area contributed by atoms with Gasteiger partial charge in [0.25, 0.3) is 0 Å². The molecule has 0 saturated carbocycles. The van der Waals surface area contributed by atoms with Crippen LogP contribution in [-0.4, -0.2) is 42.3 Å². The number of carbonyl (C=O) groups is 1. The third-order valence-corrected chi connectivity index (χ3v) is 5.27. The number of anilines is 3. The van der Waals surface area contributed by atoms with Gasteiger partial charge in [-0.3, -0.25) is 4.98 Å². The summed E-state index contributed by atoms with van der Waals surface area (Å²) in [5.74, 6) is 1.63. The number of nitrogens with zero attached hydrogens (tertiary/aromatic N) is 3. The van der Waals surface area contributed by atoms with Crippen LogP contribution in [0.5, 0.6) is 11.5 Å². The number of carbonyl (C=O) groups excluding carboxylic acids is 1. The van der Waals surface area contributed by atoms with Crippen molar-refractivity contribution in [1.82, 2.24) is 9.97 Å². The Bertz CT molecular complexity index is 1310. The number of morpholine rings is 1. The summed E-state index contributed by atoms with van der Waals surface area (Å²) in [6, 6.07) is 17.7. The summed E-state index contributed by atoms with van der Waals surface area (Å²) >= 11 is 0. The number of rotatable bonds is 5. The Morgan fingerprint density at radius 2 is 1.68 bits per heavy atom. The lowest BCUT2D eigenvalue weighted by atomic mass is 10.2. The molecule has 2 heterocycles. The highest BCUT2D eigenvalue weighted by Gasteiger charge is 2.13. The van der Waals surface area contributed by atoms with Crippen molar-refractivity contribution in [3.05, 3.63) is 78.7 Å². The van der Waals surface area contributed by atoms with Crippen LogP contribution in [0.3, 0.4) is 0 Å². The molecule has 2 amide bonds. The molecule has 2 N–H and O–H groups in total. The van der Waals surface area contributed by atoms with Crippen LogP contribution < -0.4 is 20.3 Å². The maximum absolute atomic E-state index is 13.3. The van der Waals surface area contributed by atoms with Gasteiger partial charge in [0.1, 0.15) is 23.1 Å². The van der Waals surface area contributed by atoms with Crippen LogP contribution >= 0.6 is 0 Å². The lowest BCUT2D eigenvalue weighted by Gasteiger charge is -2.27. The lowest BCUT2D eigenvalue weighted by molar-refractivity contribution is 0.122. The summed E-state index contributed by atoms with van der Waals surface area (Å²) in [4.78, 5) is 23.5. The highest BCUT2D eigenvalue weighted by Crippen LogP contribution is 2.26. The fraction of sp³-hybridized carbons (Fsp3) is 0.160. The summed E-state index contributed by atoms with van der Waals surface area (Å²) in [5.41, 5.74) is 2.47. The Balaban J connectivity index is 1.24. The van der Waals surface area contributed by atoms with Gasteiger partial charge < -0.3 is 25.0 Å². The number of nitrogens with one attached hydrogen (secondary N) is 2. The first kappa shape index (κ1) is 21.6. The maximum atomic E-state index is 13.3. The van der Waals surface area contributed by atoms with Crippen LogP contribution in [-0.2, 0) is 4.74 Å². The van der Waals surface area contributed by atoms with Crippen molar-refractivity contribution in [3.63, 3.8) is 0 Å². The van der Waals surface area contributed by atoms with Crippen molar-refractivity contribution in [2.24, 2.45) is 0 Å². The molecule has 0 radical (unpaired) electrons. The maximum Gasteiger partial charge on any atom is 0.323 e. The SMILES string of the molecule is O=C(Nc1ccc(Oc2ccc3ncc(N4CCOCC4)nc3c2)cc1)Nc1cccc(F)c1. The Morgan fingerprint density at radius 3 is 2.47 bits per heavy atom. The average Bonchev–Trinajstić information content (AvgIpc) is 2.85. The fourth-order valence-electron chi connectivity index (χ4n) is 3.59. The zero-order chi connectivity index (χ0) is 23.3. The highest BCUT2D eigenvalue weighted by atomic mass is 19.1. The first-order valence-electron chi connectivity index (χ1n) is 10.8. The number of fused-ring (bicyclic) bond motifs is 1. The number of urea groups is 1. The summed E-state index contributed by atoms with van der Waals surface area (Å²) < 4.78 is 24.6. The zero-order valence-corrected chi connectivity index (χ0v) is 18.2. The molecule has 0 bridgehead atoms. The first-order chi connectivity index (χ1) is 16.6. The molecule has 9 heteroatoms. The van der Waals surface area contributed by atoms with Gasteiger partial charge in [-0.1, -0.05) is 6.07 Å². The zero-order valence-electron chi connectivity index (χ0n) is 18.2. The minimum atomic E-state index is -0.469. The predicted octanol–water partition coefficient (Wildman–Crippen LogP) is 5.04. The van der Waals surface area contributed by atoms with Crippen molar-refractivity contribution in [3.8, 4) is 11.5 Å². The van der Waals surface area contributed by atoms with E-state index in [0.717, 1.165) is 29.9 Å². The van der Waals surface area contributed by atoms with E-state index in [9.17, 15) is 9.18 Å². The summed E-state index contributed by atoms with van der Waals surface area (Å²) in [6.07, 6.45) is 1.78. The number of amides is 2. The molecule has 1 aliphatic heterocycles. The molecule has 1 aromatic heterocycles. The molecule has 3 aromatic carbocycles. The molecule has 1 fully saturated rings. The van der Waals surface area contributed by atoms with E-state index in [1.807, 2.05) is 18.2 Å². The smallest absolute Gasteiger partial charge is 0.323 e. The first-order valence-corrected chi connectivity index (χ1v) is 10.8. The second-order valence-corrected chi connectivity index (χ2v) is 7.69. The molecular weight excluding hydrogens is 437 g/mol. The molecule has 0 unspecified atom stereocenters. The Morgan fingerprint density at radius 1 is 0.912 bits per heavy atom. The summed E-state index contributed by atoms with van der Waals surface area (Å²) in [5, 5.41) is 5.29. The van der Waals surface area contributed by atoms with Gasteiger partial charge in [-0.25, -0.2) is 14.2 Å². The molecule has 172 valence electrons.